The molecule has 3 aromatic carbocycles. The van der Waals surface area contributed by atoms with E-state index in [1.165, 1.54) is 7.11 Å². The van der Waals surface area contributed by atoms with Crippen molar-refractivity contribution in [3.63, 3.8) is 0 Å². The van der Waals surface area contributed by atoms with E-state index in [0.717, 1.165) is 74.2 Å². The normalized spacial score (nSPS) is 22.0. The first-order chi connectivity index (χ1) is 28.1. The zero-order chi connectivity index (χ0) is 41.9. The van der Waals surface area contributed by atoms with Crippen LogP contribution in [0.3, 0.4) is 0 Å². The van der Waals surface area contributed by atoms with Crippen LogP contribution < -0.4 is 10.1 Å². The number of nitrogens with one attached hydrogen (secondary N) is 3. The van der Waals surface area contributed by atoms with Crippen LogP contribution >= 0.6 is 0 Å². The quantitative estimate of drug-likeness (QED) is 0.140. The van der Waals surface area contributed by atoms with Crippen LogP contribution in [0.2, 0.25) is 0 Å². The number of carbonyl (C=O) groups excluding carboxylic acids is 3. The standard InChI is InChI=1S/C45H55N7O7/c1-23(2)38(50-43(54)57-9)42(53)52-25(4)24(3)14-36(52)41-47-33-13-11-27-16-31-29(17-32(27)39(33)49-41)22-58-37-18-28(10-12-30(31)37)34-19-46-40(48-34)35-15-26(21-56-8)20-51(35)44(55)59-45(5,6)7/h10-13,16-19,23-26,35-36,38H,14-15,20-22H2,1-9H3,(H,46,48)(H,47,49)(H,50,54)/t24-,25-,26+,35+,36+,38+/m1/s1. The number of ether oxygens (including phenoxy) is 4. The number of imidazole rings is 2. The highest BCUT2D eigenvalue weighted by Crippen LogP contribution is 2.44. The van der Waals surface area contributed by atoms with Crippen molar-refractivity contribution in [3.8, 4) is 28.1 Å². The van der Waals surface area contributed by atoms with Gasteiger partial charge in [0.2, 0.25) is 5.91 Å². The predicted molar refractivity (Wildman–Crippen MR) is 224 cm³/mol. The fraction of sp³-hybridized carbons (Fsp3) is 0.489. The summed E-state index contributed by atoms with van der Waals surface area (Å²) in [5.74, 6) is 2.34. The van der Waals surface area contributed by atoms with Crippen LogP contribution in [0.1, 0.15) is 90.6 Å². The molecule has 2 fully saturated rings. The number of aromatic nitrogens is 4. The minimum atomic E-state index is -0.728. The number of rotatable bonds is 8. The molecular weight excluding hydrogens is 751 g/mol. The van der Waals surface area contributed by atoms with E-state index in [1.807, 2.05) is 57.8 Å². The van der Waals surface area contributed by atoms with Crippen LogP contribution in [0.5, 0.6) is 5.75 Å². The third kappa shape index (κ3) is 7.58. The number of likely N-dealkylation sites (tertiary alicyclic amines) is 2. The monoisotopic (exact) mass is 805 g/mol. The first-order valence-corrected chi connectivity index (χ1v) is 20.6. The molecule has 8 rings (SSSR count). The number of nitrogens with zero attached hydrogens (tertiary/aromatic N) is 4. The molecule has 14 heteroatoms. The van der Waals surface area contributed by atoms with Gasteiger partial charge < -0.3 is 39.1 Å². The number of aromatic amines is 2. The summed E-state index contributed by atoms with van der Waals surface area (Å²) in [6.45, 7) is 15.1. The number of benzene rings is 3. The van der Waals surface area contributed by atoms with E-state index in [9.17, 15) is 14.4 Å². The molecule has 2 aromatic heterocycles. The van der Waals surface area contributed by atoms with E-state index in [2.05, 4.69) is 59.5 Å². The van der Waals surface area contributed by atoms with Crippen LogP contribution in [-0.4, -0.2) is 92.9 Å². The lowest BCUT2D eigenvalue weighted by atomic mass is 9.92. The molecule has 3 aliphatic heterocycles. The molecule has 0 bridgehead atoms. The third-order valence-electron chi connectivity index (χ3n) is 12.2. The second kappa shape index (κ2) is 15.5. The molecule has 5 aromatic rings. The van der Waals surface area contributed by atoms with Gasteiger partial charge in [-0.2, -0.15) is 0 Å². The second-order valence-corrected chi connectivity index (χ2v) is 17.8. The largest absolute Gasteiger partial charge is 0.488 e. The van der Waals surface area contributed by atoms with Crippen molar-refractivity contribution in [1.29, 1.82) is 0 Å². The smallest absolute Gasteiger partial charge is 0.410 e. The van der Waals surface area contributed by atoms with E-state index >= 15 is 0 Å². The molecule has 0 saturated carbocycles. The van der Waals surface area contributed by atoms with E-state index in [4.69, 9.17) is 28.9 Å². The van der Waals surface area contributed by atoms with E-state index < -0.39 is 17.7 Å². The highest BCUT2D eigenvalue weighted by atomic mass is 16.6. The molecule has 2 saturated heterocycles. The van der Waals surface area contributed by atoms with Gasteiger partial charge in [-0.25, -0.2) is 19.6 Å². The highest BCUT2D eigenvalue weighted by Gasteiger charge is 2.45. The van der Waals surface area contributed by atoms with Gasteiger partial charge in [0.15, 0.2) is 0 Å². The molecule has 312 valence electrons. The Morgan fingerprint density at radius 3 is 2.51 bits per heavy atom. The number of H-pyrrole nitrogens is 2. The van der Waals surface area contributed by atoms with Gasteiger partial charge in [0.25, 0.3) is 0 Å². The lowest BCUT2D eigenvalue weighted by molar-refractivity contribution is -0.137. The Bertz CT molecular complexity index is 2410. The fourth-order valence-corrected chi connectivity index (χ4v) is 9.02. The van der Waals surface area contributed by atoms with Crippen molar-refractivity contribution in [3.05, 3.63) is 65.9 Å². The molecule has 5 heterocycles. The van der Waals surface area contributed by atoms with Crippen molar-refractivity contribution < 1.29 is 33.3 Å². The molecule has 0 radical (unpaired) electrons. The van der Waals surface area contributed by atoms with Gasteiger partial charge in [-0.15, -0.1) is 0 Å². The summed E-state index contributed by atoms with van der Waals surface area (Å²) in [4.78, 5) is 60.1. The molecule has 6 atom stereocenters. The van der Waals surface area contributed by atoms with Gasteiger partial charge in [0, 0.05) is 42.1 Å². The van der Waals surface area contributed by atoms with Crippen LogP contribution in [-0.2, 0) is 25.6 Å². The summed E-state index contributed by atoms with van der Waals surface area (Å²) < 4.78 is 22.5. The lowest BCUT2D eigenvalue weighted by Gasteiger charge is -2.33. The van der Waals surface area contributed by atoms with Gasteiger partial charge >= 0.3 is 12.2 Å². The Labute approximate surface area is 344 Å². The Morgan fingerprint density at radius 2 is 1.78 bits per heavy atom. The fourth-order valence-electron chi connectivity index (χ4n) is 9.02. The number of carbonyl (C=O) groups is 3. The van der Waals surface area contributed by atoms with Crippen LogP contribution in [0.4, 0.5) is 9.59 Å². The maximum Gasteiger partial charge on any atom is 0.410 e. The summed E-state index contributed by atoms with van der Waals surface area (Å²) in [5.41, 5.74) is 6.04. The highest BCUT2D eigenvalue weighted by molar-refractivity contribution is 6.06. The first kappa shape index (κ1) is 40.2. The zero-order valence-electron chi connectivity index (χ0n) is 35.3. The Morgan fingerprint density at radius 1 is 0.983 bits per heavy atom. The Kier molecular flexibility index (Phi) is 10.6. The molecule has 3 N–H and O–H groups in total. The summed E-state index contributed by atoms with van der Waals surface area (Å²) in [7, 11) is 2.98. The number of hydrogen-bond acceptors (Lipinski definition) is 9. The molecule has 0 aliphatic carbocycles. The number of fused-ring (bicyclic) bond motifs is 6. The second-order valence-electron chi connectivity index (χ2n) is 17.8. The number of alkyl carbamates (subject to hydrolysis) is 1. The molecule has 0 spiro atoms. The van der Waals surface area contributed by atoms with Gasteiger partial charge in [0.1, 0.15) is 35.6 Å². The minimum absolute atomic E-state index is 0.0473. The topological polar surface area (TPSA) is 164 Å². The van der Waals surface area contributed by atoms with Crippen molar-refractivity contribution in [2.75, 3.05) is 27.4 Å². The number of methoxy groups -OCH3 is 2. The number of hydrogen-bond donors (Lipinski definition) is 3. The summed E-state index contributed by atoms with van der Waals surface area (Å²) in [6.07, 6.45) is 2.29. The van der Waals surface area contributed by atoms with Gasteiger partial charge in [0.05, 0.1) is 48.7 Å². The predicted octanol–water partition coefficient (Wildman–Crippen LogP) is 8.29. The minimum Gasteiger partial charge on any atom is -0.488 e. The van der Waals surface area contributed by atoms with E-state index in [1.54, 1.807) is 12.0 Å². The van der Waals surface area contributed by atoms with E-state index in [-0.39, 0.29) is 47.9 Å². The van der Waals surface area contributed by atoms with Crippen LogP contribution in [0.15, 0.2) is 48.7 Å². The average molecular weight is 806 g/mol. The summed E-state index contributed by atoms with van der Waals surface area (Å²) >= 11 is 0. The summed E-state index contributed by atoms with van der Waals surface area (Å²) in [6, 6.07) is 13.4. The van der Waals surface area contributed by atoms with Gasteiger partial charge in [-0.1, -0.05) is 32.9 Å². The molecule has 3 aliphatic rings. The lowest BCUT2D eigenvalue weighted by Crippen LogP contribution is -2.53. The zero-order valence-corrected chi connectivity index (χ0v) is 35.3. The van der Waals surface area contributed by atoms with Crippen LogP contribution in [0, 0.1) is 17.8 Å². The van der Waals surface area contributed by atoms with Crippen LogP contribution in [0.25, 0.3) is 44.2 Å². The maximum absolute atomic E-state index is 14.1. The van der Waals surface area contributed by atoms with Crippen molar-refractivity contribution in [2.24, 2.45) is 17.8 Å². The first-order valence-electron chi connectivity index (χ1n) is 20.6. The number of amides is 3. The van der Waals surface area contributed by atoms with Crippen molar-refractivity contribution in [1.82, 2.24) is 35.1 Å². The van der Waals surface area contributed by atoms with Gasteiger partial charge in [-0.05, 0) is 99.2 Å². The average Bonchev–Trinajstić information content (AvgIpc) is 4.00. The SMILES string of the molecule is COC[C@H]1C[C@@H](c2ncc(-c3ccc4c(c3)OCc3cc5c(ccc6nc([C@@H]7C[C@@H](C)[C@@H](C)N7C(=O)[C@@H](NC(=O)OC)C(C)C)[nH]c65)cc3-4)[nH]2)N(C(=O)OC(C)(C)C)C1. The van der Waals surface area contributed by atoms with Crippen molar-refractivity contribution in [2.45, 2.75) is 97.7 Å². The molecular formula is C45H55N7O7. The van der Waals surface area contributed by atoms with E-state index in [0.29, 0.717) is 25.6 Å². The van der Waals surface area contributed by atoms with Gasteiger partial charge in [-0.3, -0.25) is 9.69 Å². The summed E-state index contributed by atoms with van der Waals surface area (Å²) in [5, 5.41) is 4.84. The Hall–Kier alpha value is -5.63. The third-order valence-corrected chi connectivity index (χ3v) is 12.2. The maximum atomic E-state index is 14.1. The Balaban J connectivity index is 1.06. The molecule has 59 heavy (non-hydrogen) atoms. The molecule has 0 unspecified atom stereocenters. The van der Waals surface area contributed by atoms with Crippen molar-refractivity contribution >= 4 is 39.9 Å². The molecule has 3 amide bonds. The molecule has 14 nitrogen and oxygen atoms in total.